The molecule has 2 N–H and O–H groups in total. The Balaban J connectivity index is 1.44. The van der Waals surface area contributed by atoms with Gasteiger partial charge in [-0.3, -0.25) is 0 Å². The molecule has 0 radical (unpaired) electrons. The van der Waals surface area contributed by atoms with E-state index >= 15 is 0 Å². The second-order valence-corrected chi connectivity index (χ2v) is 9.07. The Labute approximate surface area is 178 Å². The molecule has 30 heavy (non-hydrogen) atoms. The lowest BCUT2D eigenvalue weighted by Gasteiger charge is -2.33. The molecule has 2 aromatic rings. The molecule has 4 heterocycles. The molecule has 2 fully saturated rings. The average Bonchev–Trinajstić information content (AvgIpc) is 3.38. The zero-order chi connectivity index (χ0) is 21.3. The lowest BCUT2D eigenvalue weighted by atomic mass is 10.0. The summed E-state index contributed by atoms with van der Waals surface area (Å²) >= 11 is 0. The van der Waals surface area contributed by atoms with Gasteiger partial charge >= 0.3 is 6.09 Å². The van der Waals surface area contributed by atoms with Crippen LogP contribution in [0.25, 0.3) is 11.2 Å². The summed E-state index contributed by atoms with van der Waals surface area (Å²) in [6.07, 6.45) is 4.42. The number of ether oxygens (including phenoxy) is 1. The number of pyridine rings is 1. The summed E-state index contributed by atoms with van der Waals surface area (Å²) in [6, 6.07) is 2.75. The standard InChI is InChI=1S/C22H34N6O2/c1-14(2)18-11-19(20-21(26-18)28(13-24-20)15(3)4)25-16-6-9-27(10-7-16)22(29)30-17-5-8-23-12-17/h11,13-17,23H,5-10,12H2,1-4H3,(H,25,26)/t17-/m0/s1. The van der Waals surface area contributed by atoms with Crippen molar-refractivity contribution in [1.29, 1.82) is 0 Å². The molecule has 2 saturated heterocycles. The van der Waals surface area contributed by atoms with Gasteiger partial charge in [-0.2, -0.15) is 0 Å². The predicted molar refractivity (Wildman–Crippen MR) is 118 cm³/mol. The number of nitrogens with one attached hydrogen (secondary N) is 2. The van der Waals surface area contributed by atoms with Gasteiger partial charge in [-0.25, -0.2) is 14.8 Å². The van der Waals surface area contributed by atoms with Crippen LogP contribution in [0.1, 0.15) is 64.6 Å². The number of piperidine rings is 1. The molecule has 2 aliphatic rings. The number of likely N-dealkylation sites (tertiary alicyclic amines) is 1. The molecule has 1 amide bonds. The Morgan fingerprint density at radius 2 is 2.00 bits per heavy atom. The van der Waals surface area contributed by atoms with Crippen LogP contribution in [0.3, 0.4) is 0 Å². The summed E-state index contributed by atoms with van der Waals surface area (Å²) in [6.45, 7) is 11.7. The Morgan fingerprint density at radius 1 is 1.23 bits per heavy atom. The van der Waals surface area contributed by atoms with Crippen LogP contribution in [0.4, 0.5) is 10.5 Å². The van der Waals surface area contributed by atoms with E-state index in [0.717, 1.165) is 54.9 Å². The molecule has 0 aromatic carbocycles. The lowest BCUT2D eigenvalue weighted by Crippen LogP contribution is -2.43. The molecule has 0 saturated carbocycles. The van der Waals surface area contributed by atoms with Crippen molar-refractivity contribution in [2.45, 2.75) is 71.1 Å². The SMILES string of the molecule is CC(C)c1cc(NC2CCN(C(=O)O[C@H]3CCNC3)CC2)c2ncn(C(C)C)c2n1. The smallest absolute Gasteiger partial charge is 0.410 e. The van der Waals surface area contributed by atoms with E-state index in [0.29, 0.717) is 31.1 Å². The normalized spacial score (nSPS) is 20.5. The molecule has 8 heteroatoms. The van der Waals surface area contributed by atoms with Gasteiger partial charge in [0.1, 0.15) is 11.6 Å². The van der Waals surface area contributed by atoms with Crippen LogP contribution < -0.4 is 10.6 Å². The Kier molecular flexibility index (Phi) is 6.13. The summed E-state index contributed by atoms with van der Waals surface area (Å²) in [5.74, 6) is 0.340. The van der Waals surface area contributed by atoms with E-state index in [1.807, 2.05) is 11.2 Å². The van der Waals surface area contributed by atoms with Gasteiger partial charge in [-0.05, 0) is 51.6 Å². The number of rotatable bonds is 5. The van der Waals surface area contributed by atoms with Gasteiger partial charge in [0.25, 0.3) is 0 Å². The summed E-state index contributed by atoms with van der Waals surface area (Å²) in [5.41, 5.74) is 3.97. The first-order valence-electron chi connectivity index (χ1n) is 11.2. The van der Waals surface area contributed by atoms with E-state index in [1.165, 1.54) is 0 Å². The highest BCUT2D eigenvalue weighted by Crippen LogP contribution is 2.29. The highest BCUT2D eigenvalue weighted by molar-refractivity contribution is 5.86. The number of nitrogens with zero attached hydrogens (tertiary/aromatic N) is 4. The summed E-state index contributed by atoms with van der Waals surface area (Å²) in [4.78, 5) is 23.8. The maximum Gasteiger partial charge on any atom is 0.410 e. The minimum atomic E-state index is -0.175. The highest BCUT2D eigenvalue weighted by Gasteiger charge is 2.27. The van der Waals surface area contributed by atoms with Crippen molar-refractivity contribution in [3.8, 4) is 0 Å². The van der Waals surface area contributed by atoms with Crippen LogP contribution in [-0.4, -0.2) is 63.9 Å². The van der Waals surface area contributed by atoms with Gasteiger partial charge in [-0.15, -0.1) is 0 Å². The van der Waals surface area contributed by atoms with E-state index in [4.69, 9.17) is 9.72 Å². The number of carbonyl (C=O) groups excluding carboxylic acids is 1. The molecule has 2 aromatic heterocycles. The molecule has 0 aliphatic carbocycles. The average molecular weight is 415 g/mol. The topological polar surface area (TPSA) is 84.3 Å². The number of anilines is 1. The van der Waals surface area contributed by atoms with Gasteiger partial charge in [0.15, 0.2) is 5.65 Å². The number of carbonyl (C=O) groups is 1. The van der Waals surface area contributed by atoms with E-state index in [2.05, 4.69) is 53.9 Å². The minimum absolute atomic E-state index is 0.0176. The number of aromatic nitrogens is 3. The van der Waals surface area contributed by atoms with Crippen LogP contribution in [0.5, 0.6) is 0 Å². The first-order valence-corrected chi connectivity index (χ1v) is 11.2. The lowest BCUT2D eigenvalue weighted by molar-refractivity contribution is 0.0641. The molecule has 4 rings (SSSR count). The number of imidazole rings is 1. The van der Waals surface area contributed by atoms with E-state index in [-0.39, 0.29) is 12.2 Å². The highest BCUT2D eigenvalue weighted by atomic mass is 16.6. The molecular weight excluding hydrogens is 380 g/mol. The van der Waals surface area contributed by atoms with Crippen LogP contribution in [0.2, 0.25) is 0 Å². The van der Waals surface area contributed by atoms with Crippen LogP contribution in [-0.2, 0) is 4.74 Å². The fraction of sp³-hybridized carbons (Fsp3) is 0.682. The van der Waals surface area contributed by atoms with Crippen LogP contribution in [0, 0.1) is 0 Å². The fourth-order valence-corrected chi connectivity index (χ4v) is 4.18. The first-order chi connectivity index (χ1) is 14.4. The second-order valence-electron chi connectivity index (χ2n) is 9.07. The predicted octanol–water partition coefficient (Wildman–Crippen LogP) is 3.51. The molecular formula is C22H34N6O2. The molecule has 0 spiro atoms. The van der Waals surface area contributed by atoms with Crippen molar-refractivity contribution in [2.75, 3.05) is 31.5 Å². The van der Waals surface area contributed by atoms with E-state index in [1.54, 1.807) is 0 Å². The zero-order valence-electron chi connectivity index (χ0n) is 18.5. The summed E-state index contributed by atoms with van der Waals surface area (Å²) in [7, 11) is 0. The van der Waals surface area contributed by atoms with Crippen molar-refractivity contribution in [2.24, 2.45) is 0 Å². The molecule has 2 aliphatic heterocycles. The first kappa shape index (κ1) is 20.9. The van der Waals surface area contributed by atoms with Crippen molar-refractivity contribution in [3.63, 3.8) is 0 Å². The Morgan fingerprint density at radius 3 is 2.63 bits per heavy atom. The Hall–Kier alpha value is -2.35. The van der Waals surface area contributed by atoms with Gasteiger partial charge in [-0.1, -0.05) is 13.8 Å². The maximum absolute atomic E-state index is 12.4. The van der Waals surface area contributed by atoms with Gasteiger partial charge in [0.2, 0.25) is 0 Å². The van der Waals surface area contributed by atoms with Crippen LogP contribution >= 0.6 is 0 Å². The monoisotopic (exact) mass is 414 g/mol. The number of hydrogen-bond donors (Lipinski definition) is 2. The molecule has 0 unspecified atom stereocenters. The third kappa shape index (κ3) is 4.38. The van der Waals surface area contributed by atoms with Crippen molar-refractivity contribution in [1.82, 2.24) is 24.8 Å². The maximum atomic E-state index is 12.4. The Bertz CT molecular complexity index is 879. The third-order valence-corrected chi connectivity index (χ3v) is 6.09. The van der Waals surface area contributed by atoms with Crippen molar-refractivity contribution >= 4 is 22.9 Å². The third-order valence-electron chi connectivity index (χ3n) is 6.09. The minimum Gasteiger partial charge on any atom is -0.445 e. The fourth-order valence-electron chi connectivity index (χ4n) is 4.18. The zero-order valence-corrected chi connectivity index (χ0v) is 18.5. The van der Waals surface area contributed by atoms with Gasteiger partial charge in [0, 0.05) is 37.4 Å². The number of hydrogen-bond acceptors (Lipinski definition) is 6. The van der Waals surface area contributed by atoms with Gasteiger partial charge < -0.3 is 24.8 Å². The van der Waals surface area contributed by atoms with Crippen molar-refractivity contribution in [3.05, 3.63) is 18.1 Å². The van der Waals surface area contributed by atoms with E-state index in [9.17, 15) is 4.79 Å². The number of fused-ring (bicyclic) bond motifs is 1. The molecule has 8 nitrogen and oxygen atoms in total. The molecule has 1 atom stereocenters. The summed E-state index contributed by atoms with van der Waals surface area (Å²) in [5, 5.41) is 6.93. The quantitative estimate of drug-likeness (QED) is 0.779. The molecule has 164 valence electrons. The van der Waals surface area contributed by atoms with E-state index < -0.39 is 0 Å². The largest absolute Gasteiger partial charge is 0.445 e. The molecule has 0 bridgehead atoms. The summed E-state index contributed by atoms with van der Waals surface area (Å²) < 4.78 is 7.74. The van der Waals surface area contributed by atoms with Gasteiger partial charge in [0.05, 0.1) is 12.0 Å². The number of amides is 1. The van der Waals surface area contributed by atoms with Crippen LogP contribution in [0.15, 0.2) is 12.4 Å². The second kappa shape index (κ2) is 8.79. The van der Waals surface area contributed by atoms with Crippen molar-refractivity contribution < 1.29 is 9.53 Å².